The summed E-state index contributed by atoms with van der Waals surface area (Å²) in [4.78, 5) is 19.5. The number of H-pyrrole nitrogens is 1. The Morgan fingerprint density at radius 1 is 0.952 bits per heavy atom. The summed E-state index contributed by atoms with van der Waals surface area (Å²) >= 11 is 12.4. The van der Waals surface area contributed by atoms with Crippen LogP contribution in [0, 0.1) is 3.95 Å². The number of hydrogen-bond acceptors (Lipinski definition) is 7. The zero-order valence-corrected chi connectivity index (χ0v) is 32.5. The molecule has 0 amide bonds. The van der Waals surface area contributed by atoms with E-state index in [1.165, 1.54) is 11.3 Å². The van der Waals surface area contributed by atoms with Crippen LogP contribution in [-0.4, -0.2) is 95.6 Å². The lowest BCUT2D eigenvalue weighted by Crippen LogP contribution is -2.47. The Labute approximate surface area is 272 Å². The Morgan fingerprint density at radius 2 is 1.43 bits per heavy atom. The van der Waals surface area contributed by atoms with Gasteiger partial charge in [-0.2, -0.15) is 0 Å². The number of carbonyl (C=O) groups excluding carboxylic acids is 1. The highest BCUT2D eigenvalue weighted by molar-refractivity contribution is 7.73. The van der Waals surface area contributed by atoms with Crippen LogP contribution in [0.15, 0.2) is 23.1 Å². The molecule has 0 aromatic carbocycles. The molecule has 1 aromatic heterocycles. The molecule has 1 aromatic rings. The molecule has 3 heterocycles. The molecule has 0 unspecified atom stereocenters. The number of alkyl halides is 1. The zero-order chi connectivity index (χ0) is 32.1. The van der Waals surface area contributed by atoms with Gasteiger partial charge in [-0.25, -0.2) is 0 Å². The van der Waals surface area contributed by atoms with Crippen LogP contribution in [0.5, 0.6) is 0 Å². The highest BCUT2D eigenvalue weighted by atomic mass is 35.5. The van der Waals surface area contributed by atoms with E-state index in [1.54, 1.807) is 11.3 Å². The van der Waals surface area contributed by atoms with E-state index >= 15 is 0 Å². The summed E-state index contributed by atoms with van der Waals surface area (Å²) in [6.45, 7) is 26.0. The molecule has 0 fully saturated rings. The monoisotopic (exact) mass is 673 g/mol. The molecule has 240 valence electrons. The molecule has 3 rings (SSSR count). The topological polar surface area (TPSA) is 57.8 Å². The summed E-state index contributed by atoms with van der Waals surface area (Å²) < 4.78 is 13.5. The Hall–Kier alpha value is -0.436. The number of ketones is 1. The second-order valence-electron chi connectivity index (χ2n) is 14.8. The van der Waals surface area contributed by atoms with Crippen molar-refractivity contribution in [2.75, 3.05) is 46.3 Å². The van der Waals surface area contributed by atoms with E-state index in [0.29, 0.717) is 18.6 Å². The first-order valence-electron chi connectivity index (χ1n) is 15.0. The predicted octanol–water partition coefficient (Wildman–Crippen LogP) is 8.36. The first-order valence-corrected chi connectivity index (χ1v) is 22.7. The number of likely N-dealkylation sites (N-methyl/N-ethyl adjacent to an activating group) is 2. The number of Topliss-reactive ketones (excluding diaryl/α,β-unsaturated/α-hetero) is 1. The molecule has 0 bridgehead atoms. The van der Waals surface area contributed by atoms with Crippen LogP contribution < -0.4 is 0 Å². The van der Waals surface area contributed by atoms with E-state index in [1.807, 2.05) is 13.1 Å². The summed E-state index contributed by atoms with van der Waals surface area (Å²) in [7, 11) is 0.877. The molecule has 2 atom stereocenters. The van der Waals surface area contributed by atoms with Gasteiger partial charge < -0.3 is 13.8 Å². The smallest absolute Gasteiger partial charge is 0.192 e. The minimum absolute atomic E-state index is 0.0438. The Balaban J connectivity index is 0.000000295. The SMILES string of the molecule is CN1CC(C(=O)CCl)=CC[C@H]1CO[Si](C)(C)C(C)(C)C.CN1CC(c2csc(=S)[nH]2)=CC[C@H]1CO[Si](C)(C)C(C)(C)C. The van der Waals surface area contributed by atoms with Crippen LogP contribution in [0.3, 0.4) is 0 Å². The van der Waals surface area contributed by atoms with Crippen molar-refractivity contribution in [2.24, 2.45) is 0 Å². The number of aromatic nitrogens is 1. The van der Waals surface area contributed by atoms with Gasteiger partial charge in [-0.15, -0.1) is 22.9 Å². The summed E-state index contributed by atoms with van der Waals surface area (Å²) in [5.74, 6) is 0.118. The van der Waals surface area contributed by atoms with Crippen LogP contribution in [0.2, 0.25) is 36.3 Å². The van der Waals surface area contributed by atoms with Gasteiger partial charge in [-0.1, -0.05) is 53.7 Å². The predicted molar refractivity (Wildman–Crippen MR) is 190 cm³/mol. The van der Waals surface area contributed by atoms with E-state index < -0.39 is 16.6 Å². The first kappa shape index (κ1) is 37.7. The molecule has 0 radical (unpaired) electrons. The van der Waals surface area contributed by atoms with Gasteiger partial charge >= 0.3 is 0 Å². The van der Waals surface area contributed by atoms with Crippen LogP contribution in [-0.2, 0) is 13.6 Å². The Kier molecular flexibility index (Phi) is 13.7. The third-order valence-electron chi connectivity index (χ3n) is 9.59. The van der Waals surface area contributed by atoms with E-state index in [-0.39, 0.29) is 21.7 Å². The fourth-order valence-corrected chi connectivity index (χ4v) is 7.31. The normalized spacial score (nSPS) is 21.4. The molecule has 0 aliphatic carbocycles. The summed E-state index contributed by atoms with van der Waals surface area (Å²) in [6.07, 6.45) is 6.28. The number of halogens is 1. The highest BCUT2D eigenvalue weighted by Gasteiger charge is 2.39. The quantitative estimate of drug-likeness (QED) is 0.162. The fourth-order valence-electron chi connectivity index (χ4n) is 4.19. The van der Waals surface area contributed by atoms with Gasteiger partial charge in [0.2, 0.25) is 0 Å². The lowest BCUT2D eigenvalue weighted by molar-refractivity contribution is -0.113. The minimum Gasteiger partial charge on any atom is -0.415 e. The molecule has 1 N–H and O–H groups in total. The van der Waals surface area contributed by atoms with Gasteiger partial charge in [0.05, 0.1) is 11.6 Å². The maximum atomic E-state index is 11.6. The van der Waals surface area contributed by atoms with Gasteiger partial charge in [0.25, 0.3) is 0 Å². The summed E-state index contributed by atoms with van der Waals surface area (Å²) in [5.41, 5.74) is 3.36. The van der Waals surface area contributed by atoms with Crippen molar-refractivity contribution in [3.8, 4) is 0 Å². The molecular formula is C31H56ClN3O3S2Si2. The number of nitrogens with zero attached hydrogens (tertiary/aromatic N) is 2. The molecule has 2 aliphatic heterocycles. The lowest BCUT2D eigenvalue weighted by atomic mass is 10.0. The molecule has 2 aliphatic rings. The average molecular weight is 675 g/mol. The van der Waals surface area contributed by atoms with Gasteiger partial charge in [-0.3, -0.25) is 14.6 Å². The minimum atomic E-state index is -1.70. The van der Waals surface area contributed by atoms with Crippen molar-refractivity contribution in [2.45, 2.75) is 103 Å². The van der Waals surface area contributed by atoms with Crippen molar-refractivity contribution < 1.29 is 13.6 Å². The van der Waals surface area contributed by atoms with Crippen LogP contribution in [0.1, 0.15) is 60.1 Å². The van der Waals surface area contributed by atoms with Crippen molar-refractivity contribution in [3.63, 3.8) is 0 Å². The van der Waals surface area contributed by atoms with Gasteiger partial charge in [0.1, 0.15) is 0 Å². The highest BCUT2D eigenvalue weighted by Crippen LogP contribution is 2.38. The van der Waals surface area contributed by atoms with Crippen LogP contribution in [0.4, 0.5) is 0 Å². The maximum absolute atomic E-state index is 11.6. The standard InChI is InChI=1S/C16H28N2OS2Si.C15H28ClNO2Si/c1-16(2,3)22(5,6)19-10-13-8-7-12(9-18(13)4)14-11-21-15(20)17-14;1-15(2,3)20(5,6)19-11-13-8-7-12(10-17(13)4)14(18)9-16/h7,11,13H,8-10H2,1-6H3,(H,17,20);7,13H,8-11H2,1-6H3/t2*13-/m00/s1. The number of thiazole rings is 1. The molecule has 0 saturated carbocycles. The van der Waals surface area contributed by atoms with Crippen LogP contribution in [0.25, 0.3) is 5.57 Å². The largest absolute Gasteiger partial charge is 0.415 e. The number of hydrogen-bond donors (Lipinski definition) is 1. The summed E-state index contributed by atoms with van der Waals surface area (Å²) in [5, 5.41) is 2.62. The van der Waals surface area contributed by atoms with E-state index in [9.17, 15) is 4.79 Å². The van der Waals surface area contributed by atoms with Gasteiger partial charge in [0, 0.05) is 49.3 Å². The molecule has 6 nitrogen and oxygen atoms in total. The number of rotatable bonds is 9. The van der Waals surface area contributed by atoms with Gasteiger partial charge in [0.15, 0.2) is 26.4 Å². The van der Waals surface area contributed by atoms with Crippen LogP contribution >= 0.6 is 35.2 Å². The van der Waals surface area contributed by atoms with E-state index in [4.69, 9.17) is 32.7 Å². The maximum Gasteiger partial charge on any atom is 0.192 e. The summed E-state index contributed by atoms with van der Waals surface area (Å²) in [6, 6.07) is 0.829. The van der Waals surface area contributed by atoms with E-state index in [2.05, 4.69) is 101 Å². The zero-order valence-electron chi connectivity index (χ0n) is 28.2. The second-order valence-corrected chi connectivity index (χ2v) is 26.3. The Morgan fingerprint density at radius 3 is 1.81 bits per heavy atom. The molecule has 42 heavy (non-hydrogen) atoms. The molecule has 0 spiro atoms. The molecule has 11 heteroatoms. The average Bonchev–Trinajstić information content (AvgIpc) is 3.32. The molecular weight excluding hydrogens is 618 g/mol. The van der Waals surface area contributed by atoms with Crippen molar-refractivity contribution in [1.82, 2.24) is 14.8 Å². The Bertz CT molecular complexity index is 1170. The molecule has 0 saturated heterocycles. The number of aromatic amines is 1. The van der Waals surface area contributed by atoms with Crippen molar-refractivity contribution in [3.05, 3.63) is 32.8 Å². The van der Waals surface area contributed by atoms with Crippen molar-refractivity contribution in [1.29, 1.82) is 0 Å². The first-order chi connectivity index (χ1) is 19.2. The van der Waals surface area contributed by atoms with Gasteiger partial charge in [-0.05, 0) is 81.0 Å². The third-order valence-corrected chi connectivity index (χ3v) is 19.9. The fraction of sp³-hybridized carbons (Fsp3) is 0.742. The second kappa shape index (κ2) is 15.2. The van der Waals surface area contributed by atoms with Crippen molar-refractivity contribution >= 4 is 63.1 Å². The number of nitrogens with one attached hydrogen (secondary N) is 1. The third kappa shape index (κ3) is 10.6. The lowest BCUT2D eigenvalue weighted by Gasteiger charge is -2.39. The van der Waals surface area contributed by atoms with E-state index in [0.717, 1.165) is 42.1 Å². The number of carbonyl (C=O) groups is 1.